The molecule has 0 aliphatic carbocycles. The molecule has 0 radical (unpaired) electrons. The fourth-order valence-electron chi connectivity index (χ4n) is 2.16. The smallest absolute Gasteiger partial charge is 0.320 e. The van der Waals surface area contributed by atoms with Gasteiger partial charge >= 0.3 is 11.1 Å². The second-order valence-electron chi connectivity index (χ2n) is 4.90. The number of fused-ring (bicyclic) bond motifs is 1. The molecule has 0 atom stereocenters. The number of hydrogen-bond acceptors (Lipinski definition) is 4. The van der Waals surface area contributed by atoms with Gasteiger partial charge in [0.1, 0.15) is 0 Å². The minimum absolute atomic E-state index is 0.161. The minimum Gasteiger partial charge on any atom is -0.454 e. The van der Waals surface area contributed by atoms with Crippen molar-refractivity contribution in [2.75, 3.05) is 6.79 Å². The normalized spacial score (nSPS) is 12.4. The Balaban J connectivity index is 2.08. The van der Waals surface area contributed by atoms with Crippen LogP contribution < -0.4 is 20.6 Å². The van der Waals surface area contributed by atoms with Crippen LogP contribution >= 0.6 is 0 Å². The molecule has 0 saturated carbocycles. The predicted molar refractivity (Wildman–Crippen MR) is 77.2 cm³/mol. The molecule has 6 nitrogen and oxygen atoms in total. The van der Waals surface area contributed by atoms with Gasteiger partial charge in [-0.2, -0.15) is 0 Å². The number of benzene rings is 1. The molecule has 108 valence electrons. The van der Waals surface area contributed by atoms with Crippen LogP contribution in [0, 0.1) is 0 Å². The lowest BCUT2D eigenvalue weighted by Gasteiger charge is -2.09. The first-order valence-corrected chi connectivity index (χ1v) is 6.43. The van der Waals surface area contributed by atoms with Crippen LogP contribution in [0.5, 0.6) is 11.5 Å². The third-order valence-corrected chi connectivity index (χ3v) is 3.13. The van der Waals surface area contributed by atoms with E-state index in [1.807, 2.05) is 0 Å². The molecular formula is C15H14N2O4. The van der Waals surface area contributed by atoms with Gasteiger partial charge in [-0.3, -0.25) is 14.2 Å². The lowest BCUT2D eigenvalue weighted by Crippen LogP contribution is -2.40. The zero-order valence-electron chi connectivity index (χ0n) is 11.5. The Hall–Kier alpha value is -2.76. The molecular weight excluding hydrogens is 272 g/mol. The van der Waals surface area contributed by atoms with Crippen LogP contribution in [0.2, 0.25) is 0 Å². The van der Waals surface area contributed by atoms with Crippen LogP contribution in [0.3, 0.4) is 0 Å². The van der Waals surface area contributed by atoms with E-state index in [0.717, 1.165) is 5.57 Å². The summed E-state index contributed by atoms with van der Waals surface area (Å²) in [6, 6.07) is 5.09. The maximum atomic E-state index is 12.2. The molecule has 0 fully saturated rings. The molecule has 6 heteroatoms. The molecule has 0 unspecified atom stereocenters. The molecule has 1 aromatic heterocycles. The number of aromatic nitrogens is 2. The summed E-state index contributed by atoms with van der Waals surface area (Å²) in [6.07, 6.45) is 3.13. The predicted octanol–water partition coefficient (Wildman–Crippen LogP) is 1.30. The van der Waals surface area contributed by atoms with Crippen molar-refractivity contribution in [3.8, 4) is 17.2 Å². The summed E-state index contributed by atoms with van der Waals surface area (Å²) in [5, 5.41) is 0. The molecule has 1 aromatic carbocycles. The van der Waals surface area contributed by atoms with E-state index in [4.69, 9.17) is 9.47 Å². The third-order valence-electron chi connectivity index (χ3n) is 3.13. The summed E-state index contributed by atoms with van der Waals surface area (Å²) in [5.41, 5.74) is 0.164. The van der Waals surface area contributed by atoms with Gasteiger partial charge in [0.2, 0.25) is 6.79 Å². The summed E-state index contributed by atoms with van der Waals surface area (Å²) in [7, 11) is 0. The van der Waals surface area contributed by atoms with Gasteiger partial charge in [0.15, 0.2) is 11.5 Å². The van der Waals surface area contributed by atoms with Crippen LogP contribution in [0.15, 0.2) is 52.3 Å². The maximum Gasteiger partial charge on any atom is 0.320 e. The molecule has 3 rings (SSSR count). The van der Waals surface area contributed by atoms with Gasteiger partial charge in [-0.15, -0.1) is 0 Å². The van der Waals surface area contributed by atoms with Gasteiger partial charge in [0.05, 0.1) is 5.69 Å². The minimum atomic E-state index is -0.613. The SMILES string of the molecule is C=C(C)Cn1ccn(-c2ccc3c(c2)OCO3)c(=O)c1=O. The van der Waals surface area contributed by atoms with E-state index in [1.54, 1.807) is 37.5 Å². The van der Waals surface area contributed by atoms with Crippen molar-refractivity contribution in [1.29, 1.82) is 0 Å². The first-order valence-electron chi connectivity index (χ1n) is 6.43. The lowest BCUT2D eigenvalue weighted by molar-refractivity contribution is 0.174. The van der Waals surface area contributed by atoms with Gasteiger partial charge in [-0.25, -0.2) is 0 Å². The van der Waals surface area contributed by atoms with E-state index < -0.39 is 11.1 Å². The highest BCUT2D eigenvalue weighted by Gasteiger charge is 2.15. The van der Waals surface area contributed by atoms with E-state index in [9.17, 15) is 9.59 Å². The summed E-state index contributed by atoms with van der Waals surface area (Å²) in [5.74, 6) is 1.19. The van der Waals surface area contributed by atoms with Crippen molar-refractivity contribution in [2.45, 2.75) is 13.5 Å². The molecule has 0 N–H and O–H groups in total. The molecule has 2 heterocycles. The standard InChI is InChI=1S/C15H14N2O4/c1-10(2)8-16-5-6-17(15(19)14(16)18)11-3-4-12-13(7-11)21-9-20-12/h3-7H,1,8-9H2,2H3. The Bertz CT molecular complexity index is 832. The Morgan fingerprint density at radius 2 is 1.95 bits per heavy atom. The largest absolute Gasteiger partial charge is 0.454 e. The zero-order chi connectivity index (χ0) is 15.0. The van der Waals surface area contributed by atoms with E-state index in [1.165, 1.54) is 9.13 Å². The summed E-state index contributed by atoms with van der Waals surface area (Å²) in [6.45, 7) is 6.03. The second-order valence-corrected chi connectivity index (χ2v) is 4.90. The Morgan fingerprint density at radius 3 is 2.71 bits per heavy atom. The first-order chi connectivity index (χ1) is 10.1. The number of nitrogens with zero attached hydrogens (tertiary/aromatic N) is 2. The van der Waals surface area contributed by atoms with Crippen molar-refractivity contribution < 1.29 is 9.47 Å². The van der Waals surface area contributed by atoms with E-state index in [-0.39, 0.29) is 6.79 Å². The average molecular weight is 286 g/mol. The van der Waals surface area contributed by atoms with Gasteiger partial charge < -0.3 is 14.0 Å². The highest BCUT2D eigenvalue weighted by atomic mass is 16.7. The molecule has 1 aliphatic heterocycles. The van der Waals surface area contributed by atoms with Crippen molar-refractivity contribution in [3.63, 3.8) is 0 Å². The zero-order valence-corrected chi connectivity index (χ0v) is 11.5. The van der Waals surface area contributed by atoms with Crippen LogP contribution in [0.25, 0.3) is 5.69 Å². The molecule has 1 aliphatic rings. The molecule has 21 heavy (non-hydrogen) atoms. The monoisotopic (exact) mass is 286 g/mol. The van der Waals surface area contributed by atoms with Crippen molar-refractivity contribution >= 4 is 0 Å². The van der Waals surface area contributed by atoms with Crippen molar-refractivity contribution in [2.24, 2.45) is 0 Å². The van der Waals surface area contributed by atoms with Gasteiger partial charge in [0.25, 0.3) is 0 Å². The molecule has 0 bridgehead atoms. The van der Waals surface area contributed by atoms with E-state index in [0.29, 0.717) is 23.7 Å². The number of rotatable bonds is 3. The number of ether oxygens (including phenoxy) is 2. The van der Waals surface area contributed by atoms with Crippen molar-refractivity contribution in [3.05, 3.63) is 63.5 Å². The Kier molecular flexibility index (Phi) is 3.13. The second kappa shape index (κ2) is 4.97. The lowest BCUT2D eigenvalue weighted by atomic mass is 10.2. The number of allylic oxidation sites excluding steroid dienone is 1. The third kappa shape index (κ3) is 2.35. The average Bonchev–Trinajstić information content (AvgIpc) is 2.91. The molecule has 0 saturated heterocycles. The van der Waals surface area contributed by atoms with Gasteiger partial charge in [-0.1, -0.05) is 12.2 Å². The summed E-state index contributed by atoms with van der Waals surface area (Å²) >= 11 is 0. The molecule has 2 aromatic rings. The first kappa shape index (κ1) is 13.2. The van der Waals surface area contributed by atoms with Crippen LogP contribution in [0.1, 0.15) is 6.92 Å². The highest BCUT2D eigenvalue weighted by molar-refractivity contribution is 5.49. The quantitative estimate of drug-likeness (QED) is 0.630. The van der Waals surface area contributed by atoms with Gasteiger partial charge in [-0.05, 0) is 19.1 Å². The van der Waals surface area contributed by atoms with E-state index >= 15 is 0 Å². The Morgan fingerprint density at radius 1 is 1.19 bits per heavy atom. The van der Waals surface area contributed by atoms with Crippen LogP contribution in [-0.4, -0.2) is 15.9 Å². The summed E-state index contributed by atoms with van der Waals surface area (Å²) in [4.78, 5) is 24.3. The maximum absolute atomic E-state index is 12.2. The number of hydrogen-bond donors (Lipinski definition) is 0. The van der Waals surface area contributed by atoms with Crippen molar-refractivity contribution in [1.82, 2.24) is 9.13 Å². The molecule has 0 amide bonds. The Labute approximate surface area is 120 Å². The fraction of sp³-hybridized carbons (Fsp3) is 0.200. The topological polar surface area (TPSA) is 62.5 Å². The van der Waals surface area contributed by atoms with Crippen LogP contribution in [0.4, 0.5) is 0 Å². The van der Waals surface area contributed by atoms with Crippen LogP contribution in [-0.2, 0) is 6.54 Å². The summed E-state index contributed by atoms with van der Waals surface area (Å²) < 4.78 is 13.1. The fourth-order valence-corrected chi connectivity index (χ4v) is 2.16. The molecule has 0 spiro atoms. The van der Waals surface area contributed by atoms with Gasteiger partial charge in [0, 0.05) is 25.0 Å². The van der Waals surface area contributed by atoms with E-state index in [2.05, 4.69) is 6.58 Å². The highest BCUT2D eigenvalue weighted by Crippen LogP contribution is 2.33.